The number of amides is 1. The van der Waals surface area contributed by atoms with Crippen LogP contribution in [0.15, 0.2) is 48.7 Å². The number of aromatic nitrogens is 4. The van der Waals surface area contributed by atoms with E-state index in [1.54, 1.807) is 4.90 Å². The number of piperazine rings is 1. The Kier molecular flexibility index (Phi) is 11.0. The Hall–Kier alpha value is -4.73. The van der Waals surface area contributed by atoms with Crippen LogP contribution in [0, 0.1) is 18.3 Å². The minimum atomic E-state index is -0.393. The maximum Gasteiger partial charge on any atom is 0.410 e. The fraction of sp³-hybridized carbons (Fsp3) is 0.548. The molecule has 8 rings (SSSR count). The molecule has 0 radical (unpaired) electrons. The molecule has 3 aliphatic heterocycles. The number of likely N-dealkylation sites (N-methyl/N-ethyl adjacent to an activating group) is 1. The number of carbonyl (C=O) groups excluding carboxylic acids is 1. The Balaban J connectivity index is 1.09. The van der Waals surface area contributed by atoms with E-state index in [1.807, 2.05) is 36.5 Å². The largest absolute Gasteiger partial charge is 0.462 e. The van der Waals surface area contributed by atoms with E-state index in [0.717, 1.165) is 99.1 Å². The zero-order valence-corrected chi connectivity index (χ0v) is 31.7. The predicted molar refractivity (Wildman–Crippen MR) is 205 cm³/mol. The van der Waals surface area contributed by atoms with E-state index >= 15 is 0 Å². The summed E-state index contributed by atoms with van der Waals surface area (Å²) in [7, 11) is 2.15. The quantitative estimate of drug-likeness (QED) is 0.172. The SMILES string of the molecule is Cc1ccc2c(cnn2C2CCCCO2)c1C1CCCc2c(nc(OC[C@@H]3CCCN3C)nc2N2CCN(C(=O)OCc3ccccc3)[C@@H](CC#N)C2)C1. The minimum Gasteiger partial charge on any atom is -0.462 e. The molecule has 2 aromatic heterocycles. The second kappa shape index (κ2) is 16.3. The van der Waals surface area contributed by atoms with Gasteiger partial charge in [0.15, 0.2) is 6.23 Å². The smallest absolute Gasteiger partial charge is 0.410 e. The number of aryl methyl sites for hydroxylation is 1. The van der Waals surface area contributed by atoms with Crippen LogP contribution in [0.1, 0.15) is 91.5 Å². The molecule has 0 saturated carbocycles. The first-order valence-corrected chi connectivity index (χ1v) is 19.9. The number of anilines is 1. The Morgan fingerprint density at radius 1 is 1.00 bits per heavy atom. The third-order valence-electron chi connectivity index (χ3n) is 12.0. The summed E-state index contributed by atoms with van der Waals surface area (Å²) in [6, 6.07) is 16.8. The van der Waals surface area contributed by atoms with Crippen molar-refractivity contribution in [3.8, 4) is 12.1 Å². The molecule has 0 N–H and O–H groups in total. The Morgan fingerprint density at radius 3 is 2.69 bits per heavy atom. The first kappa shape index (κ1) is 36.3. The van der Waals surface area contributed by atoms with Gasteiger partial charge in [-0.05, 0) is 107 Å². The first-order chi connectivity index (χ1) is 26.5. The molecule has 4 aliphatic rings. The van der Waals surface area contributed by atoms with Gasteiger partial charge in [-0.1, -0.05) is 36.4 Å². The fourth-order valence-electron chi connectivity index (χ4n) is 9.02. The van der Waals surface area contributed by atoms with Gasteiger partial charge in [0, 0.05) is 43.2 Å². The third-order valence-corrected chi connectivity index (χ3v) is 12.0. The molecule has 1 aliphatic carbocycles. The fourth-order valence-corrected chi connectivity index (χ4v) is 9.02. The number of nitriles is 1. The third kappa shape index (κ3) is 7.62. The lowest BCUT2D eigenvalue weighted by atomic mass is 9.86. The van der Waals surface area contributed by atoms with E-state index in [4.69, 9.17) is 29.3 Å². The van der Waals surface area contributed by atoms with Crippen LogP contribution < -0.4 is 9.64 Å². The molecule has 12 heteroatoms. The van der Waals surface area contributed by atoms with Crippen molar-refractivity contribution in [1.29, 1.82) is 5.26 Å². The number of ether oxygens (including phenoxy) is 3. The Bertz CT molecular complexity index is 1970. The second-order valence-corrected chi connectivity index (χ2v) is 15.5. The molecular formula is C42H52N8O4. The van der Waals surface area contributed by atoms with Crippen LogP contribution in [0.25, 0.3) is 10.9 Å². The van der Waals surface area contributed by atoms with Crippen molar-refractivity contribution < 1.29 is 19.0 Å². The highest BCUT2D eigenvalue weighted by molar-refractivity contribution is 5.84. The van der Waals surface area contributed by atoms with Crippen molar-refractivity contribution in [3.63, 3.8) is 0 Å². The Labute approximate surface area is 318 Å². The van der Waals surface area contributed by atoms with Gasteiger partial charge in [-0.25, -0.2) is 9.48 Å². The van der Waals surface area contributed by atoms with Crippen LogP contribution in [-0.2, 0) is 28.9 Å². The average Bonchev–Trinajstić information content (AvgIpc) is 3.76. The number of hydrogen-bond acceptors (Lipinski definition) is 10. The number of rotatable bonds is 9. The van der Waals surface area contributed by atoms with Crippen LogP contribution in [0.5, 0.6) is 6.01 Å². The van der Waals surface area contributed by atoms with Crippen LogP contribution >= 0.6 is 0 Å². The van der Waals surface area contributed by atoms with Gasteiger partial charge in [0.25, 0.3) is 0 Å². The zero-order chi connectivity index (χ0) is 37.0. The summed E-state index contributed by atoms with van der Waals surface area (Å²) in [6.07, 6.45) is 10.9. The summed E-state index contributed by atoms with van der Waals surface area (Å²) in [6.45, 7) is 6.27. The molecular weight excluding hydrogens is 681 g/mol. The maximum atomic E-state index is 13.4. The topological polar surface area (TPSA) is 122 Å². The number of benzene rings is 2. The van der Waals surface area contributed by atoms with E-state index in [1.165, 1.54) is 16.5 Å². The highest BCUT2D eigenvalue weighted by atomic mass is 16.6. The summed E-state index contributed by atoms with van der Waals surface area (Å²) in [5, 5.41) is 15.9. The van der Waals surface area contributed by atoms with Crippen molar-refractivity contribution >= 4 is 22.8 Å². The highest BCUT2D eigenvalue weighted by Gasteiger charge is 2.35. The van der Waals surface area contributed by atoms with Crippen molar-refractivity contribution in [2.24, 2.45) is 0 Å². The molecule has 3 saturated heterocycles. The number of likely N-dealkylation sites (tertiary alicyclic amines) is 1. The van der Waals surface area contributed by atoms with E-state index in [9.17, 15) is 10.1 Å². The maximum absolute atomic E-state index is 13.4. The zero-order valence-electron chi connectivity index (χ0n) is 31.7. The van der Waals surface area contributed by atoms with Gasteiger partial charge in [-0.15, -0.1) is 0 Å². The van der Waals surface area contributed by atoms with Crippen molar-refractivity contribution in [3.05, 3.63) is 76.6 Å². The summed E-state index contributed by atoms with van der Waals surface area (Å²) in [5.41, 5.74) is 6.84. The molecule has 4 atom stereocenters. The van der Waals surface area contributed by atoms with Crippen LogP contribution in [-0.4, -0.2) is 94.2 Å². The number of nitrogens with zero attached hydrogens (tertiary/aromatic N) is 8. The molecule has 1 amide bonds. The average molecular weight is 733 g/mol. The molecule has 5 heterocycles. The summed E-state index contributed by atoms with van der Waals surface area (Å²) < 4.78 is 20.4. The van der Waals surface area contributed by atoms with Gasteiger partial charge in [-0.2, -0.15) is 20.3 Å². The summed E-state index contributed by atoms with van der Waals surface area (Å²) in [5.74, 6) is 1.12. The standard InChI is InChI=1S/C42H52N8O4/c1-29-16-17-37-35(25-44-50(37)38-15-6-7-23-52-38)39(29)31-12-8-14-34-36(24-31)45-41(53-28-33-13-9-20-47(33)2)46-40(34)48-21-22-49(32(26-48)18-19-43)42(51)54-27-30-10-4-3-5-11-30/h3-5,10-11,16-17,25,31-33,38H,6-9,12-15,18,20-24,26-28H2,1-2H3/t31?,32-,33-,38?/m0/s1. The highest BCUT2D eigenvalue weighted by Crippen LogP contribution is 2.40. The van der Waals surface area contributed by atoms with Crippen LogP contribution in [0.4, 0.5) is 10.6 Å². The van der Waals surface area contributed by atoms with E-state index < -0.39 is 6.09 Å². The van der Waals surface area contributed by atoms with Crippen molar-refractivity contribution in [2.75, 3.05) is 51.3 Å². The van der Waals surface area contributed by atoms with E-state index in [0.29, 0.717) is 38.3 Å². The molecule has 2 unspecified atom stereocenters. The van der Waals surface area contributed by atoms with Crippen molar-refractivity contribution in [2.45, 2.75) is 102 Å². The lowest BCUT2D eigenvalue weighted by molar-refractivity contribution is -0.0366. The molecule has 0 spiro atoms. The lowest BCUT2D eigenvalue weighted by Gasteiger charge is -2.41. The van der Waals surface area contributed by atoms with Gasteiger partial charge in [0.05, 0.1) is 35.9 Å². The normalized spacial score (nSPS) is 23.5. The van der Waals surface area contributed by atoms with Gasteiger partial charge in [-0.3, -0.25) is 0 Å². The first-order valence-electron chi connectivity index (χ1n) is 19.9. The second-order valence-electron chi connectivity index (χ2n) is 15.5. The van der Waals surface area contributed by atoms with Gasteiger partial charge >= 0.3 is 12.1 Å². The molecule has 2 aromatic carbocycles. The monoisotopic (exact) mass is 732 g/mol. The molecule has 4 aromatic rings. The van der Waals surface area contributed by atoms with Crippen molar-refractivity contribution in [1.82, 2.24) is 29.5 Å². The molecule has 12 nitrogen and oxygen atoms in total. The van der Waals surface area contributed by atoms with Gasteiger partial charge in [0.1, 0.15) is 19.0 Å². The molecule has 54 heavy (non-hydrogen) atoms. The lowest BCUT2D eigenvalue weighted by Crippen LogP contribution is -2.55. The summed E-state index contributed by atoms with van der Waals surface area (Å²) in [4.78, 5) is 30.0. The number of hydrogen-bond donors (Lipinski definition) is 0. The van der Waals surface area contributed by atoms with Crippen LogP contribution in [0.3, 0.4) is 0 Å². The number of fused-ring (bicyclic) bond motifs is 2. The summed E-state index contributed by atoms with van der Waals surface area (Å²) >= 11 is 0. The van der Waals surface area contributed by atoms with E-state index in [2.05, 4.69) is 46.7 Å². The molecule has 0 bridgehead atoms. The van der Waals surface area contributed by atoms with Crippen LogP contribution in [0.2, 0.25) is 0 Å². The molecule has 284 valence electrons. The van der Waals surface area contributed by atoms with Gasteiger partial charge in [0.2, 0.25) is 0 Å². The predicted octanol–water partition coefficient (Wildman–Crippen LogP) is 6.71. The molecule has 3 fully saturated rings. The van der Waals surface area contributed by atoms with E-state index in [-0.39, 0.29) is 31.2 Å². The van der Waals surface area contributed by atoms with Gasteiger partial charge < -0.3 is 28.9 Å². The minimum absolute atomic E-state index is 0.0216. The number of carbonyl (C=O) groups is 1. The Morgan fingerprint density at radius 2 is 1.89 bits per heavy atom.